The number of nitrogens with one attached hydrogen (secondary N) is 2. The first-order valence-electron chi connectivity index (χ1n) is 6.51. The van der Waals surface area contributed by atoms with Gasteiger partial charge >= 0.3 is 0 Å². The summed E-state index contributed by atoms with van der Waals surface area (Å²) in [6, 6.07) is 14.4. The van der Waals surface area contributed by atoms with E-state index in [9.17, 15) is 9.59 Å². The van der Waals surface area contributed by atoms with Gasteiger partial charge in [0.05, 0.1) is 6.21 Å². The van der Waals surface area contributed by atoms with Crippen molar-refractivity contribution in [1.82, 2.24) is 5.43 Å². The molecule has 0 saturated heterocycles. The summed E-state index contributed by atoms with van der Waals surface area (Å²) in [7, 11) is 0. The van der Waals surface area contributed by atoms with E-state index in [4.69, 9.17) is 0 Å². The SMILES string of the molecule is CC(=O)Nc1cccc(C(=O)NN=Cc2cccc(I)c2)c1. The number of benzene rings is 2. The Morgan fingerprint density at radius 2 is 1.91 bits per heavy atom. The topological polar surface area (TPSA) is 70.6 Å². The molecule has 0 fully saturated rings. The fourth-order valence-electron chi connectivity index (χ4n) is 1.76. The van der Waals surface area contributed by atoms with Gasteiger partial charge in [-0.25, -0.2) is 5.43 Å². The van der Waals surface area contributed by atoms with Crippen molar-refractivity contribution in [3.63, 3.8) is 0 Å². The molecule has 0 unspecified atom stereocenters. The molecule has 0 atom stereocenters. The number of hydrazone groups is 1. The molecule has 0 aliphatic carbocycles. The van der Waals surface area contributed by atoms with E-state index in [-0.39, 0.29) is 11.8 Å². The predicted molar refractivity (Wildman–Crippen MR) is 95.0 cm³/mol. The van der Waals surface area contributed by atoms with Gasteiger partial charge < -0.3 is 5.32 Å². The van der Waals surface area contributed by atoms with Crippen LogP contribution in [0.4, 0.5) is 5.69 Å². The summed E-state index contributed by atoms with van der Waals surface area (Å²) in [4.78, 5) is 23.0. The summed E-state index contributed by atoms with van der Waals surface area (Å²) in [6.45, 7) is 1.41. The van der Waals surface area contributed by atoms with Crippen LogP contribution in [-0.4, -0.2) is 18.0 Å². The molecule has 2 rings (SSSR count). The van der Waals surface area contributed by atoms with Gasteiger partial charge in [0.15, 0.2) is 0 Å². The van der Waals surface area contributed by atoms with E-state index in [1.807, 2.05) is 24.3 Å². The lowest BCUT2D eigenvalue weighted by Gasteiger charge is -2.04. The zero-order valence-electron chi connectivity index (χ0n) is 11.8. The maximum Gasteiger partial charge on any atom is 0.271 e. The van der Waals surface area contributed by atoms with Gasteiger partial charge in [0.25, 0.3) is 5.91 Å². The number of hydrogen-bond acceptors (Lipinski definition) is 3. The summed E-state index contributed by atoms with van der Waals surface area (Å²) in [6.07, 6.45) is 1.58. The van der Waals surface area contributed by atoms with Crippen molar-refractivity contribution in [3.8, 4) is 0 Å². The van der Waals surface area contributed by atoms with Crippen LogP contribution < -0.4 is 10.7 Å². The minimum atomic E-state index is -0.339. The number of halogens is 1. The minimum absolute atomic E-state index is 0.186. The van der Waals surface area contributed by atoms with Gasteiger partial charge in [-0.1, -0.05) is 18.2 Å². The van der Waals surface area contributed by atoms with Crippen molar-refractivity contribution in [2.75, 3.05) is 5.32 Å². The fraction of sp³-hybridized carbons (Fsp3) is 0.0625. The van der Waals surface area contributed by atoms with E-state index in [0.717, 1.165) is 9.13 Å². The van der Waals surface area contributed by atoms with Crippen LogP contribution in [0.2, 0.25) is 0 Å². The van der Waals surface area contributed by atoms with E-state index in [1.54, 1.807) is 30.5 Å². The molecular formula is C16H14IN3O2. The van der Waals surface area contributed by atoms with Gasteiger partial charge in [0.2, 0.25) is 5.91 Å². The van der Waals surface area contributed by atoms with Crippen LogP contribution in [0, 0.1) is 3.57 Å². The van der Waals surface area contributed by atoms with Gasteiger partial charge in [-0.05, 0) is 58.5 Å². The molecule has 2 N–H and O–H groups in total. The molecular weight excluding hydrogens is 393 g/mol. The standard InChI is InChI=1S/C16H14IN3O2/c1-11(21)19-15-7-3-5-13(9-15)16(22)20-18-10-12-4-2-6-14(17)8-12/h2-10H,1H3,(H,19,21)(H,20,22). The second kappa shape index (κ2) is 7.69. The molecule has 2 aromatic rings. The Morgan fingerprint density at radius 3 is 2.64 bits per heavy atom. The second-order valence-corrected chi connectivity index (χ2v) is 5.76. The van der Waals surface area contributed by atoms with Gasteiger partial charge in [-0.15, -0.1) is 0 Å². The Bertz CT molecular complexity index is 729. The normalized spacial score (nSPS) is 10.5. The van der Waals surface area contributed by atoms with Crippen LogP contribution in [-0.2, 0) is 4.79 Å². The van der Waals surface area contributed by atoms with Crippen LogP contribution >= 0.6 is 22.6 Å². The van der Waals surface area contributed by atoms with E-state index in [1.165, 1.54) is 6.92 Å². The van der Waals surface area contributed by atoms with Gasteiger partial charge in [0, 0.05) is 21.7 Å². The Balaban J connectivity index is 2.01. The monoisotopic (exact) mass is 407 g/mol. The molecule has 0 spiro atoms. The van der Waals surface area contributed by atoms with E-state index < -0.39 is 0 Å². The molecule has 0 aliphatic heterocycles. The molecule has 2 aromatic carbocycles. The Hall–Kier alpha value is -2.22. The van der Waals surface area contributed by atoms with Crippen LogP contribution in [0.15, 0.2) is 53.6 Å². The molecule has 22 heavy (non-hydrogen) atoms. The third-order valence-corrected chi connectivity index (χ3v) is 3.34. The van der Waals surface area contributed by atoms with E-state index in [2.05, 4.69) is 38.4 Å². The van der Waals surface area contributed by atoms with Gasteiger partial charge in [-0.3, -0.25) is 9.59 Å². The number of carbonyl (C=O) groups excluding carboxylic acids is 2. The zero-order valence-corrected chi connectivity index (χ0v) is 14.0. The van der Waals surface area contributed by atoms with Crippen molar-refractivity contribution >= 4 is 46.3 Å². The van der Waals surface area contributed by atoms with Crippen molar-refractivity contribution < 1.29 is 9.59 Å². The summed E-state index contributed by atoms with van der Waals surface area (Å²) < 4.78 is 1.09. The largest absolute Gasteiger partial charge is 0.326 e. The highest BCUT2D eigenvalue weighted by atomic mass is 127. The molecule has 5 nitrogen and oxygen atoms in total. The van der Waals surface area contributed by atoms with Crippen molar-refractivity contribution in [3.05, 3.63) is 63.2 Å². The molecule has 0 aromatic heterocycles. The maximum absolute atomic E-state index is 12.0. The molecule has 112 valence electrons. The van der Waals surface area contributed by atoms with E-state index >= 15 is 0 Å². The first kappa shape index (κ1) is 16.2. The molecule has 0 bridgehead atoms. The number of carbonyl (C=O) groups is 2. The zero-order chi connectivity index (χ0) is 15.9. The molecule has 0 aliphatic rings. The summed E-state index contributed by atoms with van der Waals surface area (Å²) >= 11 is 2.21. The minimum Gasteiger partial charge on any atom is -0.326 e. The Morgan fingerprint density at radius 1 is 1.14 bits per heavy atom. The highest BCUT2D eigenvalue weighted by Gasteiger charge is 2.05. The van der Waals surface area contributed by atoms with Crippen molar-refractivity contribution in [1.29, 1.82) is 0 Å². The highest BCUT2D eigenvalue weighted by Crippen LogP contribution is 2.10. The lowest BCUT2D eigenvalue weighted by atomic mass is 10.2. The number of nitrogens with zero attached hydrogens (tertiary/aromatic N) is 1. The first-order chi connectivity index (χ1) is 10.5. The smallest absolute Gasteiger partial charge is 0.271 e. The number of hydrogen-bond donors (Lipinski definition) is 2. The van der Waals surface area contributed by atoms with Crippen LogP contribution in [0.3, 0.4) is 0 Å². The number of anilines is 1. The third-order valence-electron chi connectivity index (χ3n) is 2.67. The quantitative estimate of drug-likeness (QED) is 0.465. The first-order valence-corrected chi connectivity index (χ1v) is 7.59. The average Bonchev–Trinajstić information content (AvgIpc) is 2.47. The lowest BCUT2D eigenvalue weighted by Crippen LogP contribution is -2.18. The van der Waals surface area contributed by atoms with Gasteiger partial charge in [-0.2, -0.15) is 5.10 Å². The molecule has 0 heterocycles. The molecule has 0 saturated carbocycles. The summed E-state index contributed by atoms with van der Waals surface area (Å²) in [5, 5.41) is 6.56. The Kier molecular flexibility index (Phi) is 5.65. The van der Waals surface area contributed by atoms with Crippen LogP contribution in [0.5, 0.6) is 0 Å². The molecule has 2 amide bonds. The highest BCUT2D eigenvalue weighted by molar-refractivity contribution is 14.1. The molecule has 6 heteroatoms. The average molecular weight is 407 g/mol. The third kappa shape index (κ3) is 4.96. The number of amides is 2. The number of rotatable bonds is 4. The van der Waals surface area contributed by atoms with Crippen LogP contribution in [0.25, 0.3) is 0 Å². The van der Waals surface area contributed by atoms with Crippen molar-refractivity contribution in [2.45, 2.75) is 6.92 Å². The lowest BCUT2D eigenvalue weighted by molar-refractivity contribution is -0.114. The Labute approximate surface area is 141 Å². The van der Waals surface area contributed by atoms with Gasteiger partial charge in [0.1, 0.15) is 0 Å². The second-order valence-electron chi connectivity index (χ2n) is 4.52. The maximum atomic E-state index is 12.0. The predicted octanol–water partition coefficient (Wildman–Crippen LogP) is 3.01. The van der Waals surface area contributed by atoms with Crippen molar-refractivity contribution in [2.24, 2.45) is 5.10 Å². The van der Waals surface area contributed by atoms with Crippen LogP contribution in [0.1, 0.15) is 22.8 Å². The summed E-state index contributed by atoms with van der Waals surface area (Å²) in [5.41, 5.74) is 4.36. The van der Waals surface area contributed by atoms with E-state index in [0.29, 0.717) is 11.3 Å². The summed E-state index contributed by atoms with van der Waals surface area (Å²) in [5.74, 6) is -0.525. The molecule has 0 radical (unpaired) electrons. The fourth-order valence-corrected chi connectivity index (χ4v) is 2.33.